The normalized spacial score (nSPS) is 16.6. The maximum Gasteiger partial charge on any atom is 0.276 e. The largest absolute Gasteiger partial charge is 0.417 e. The number of fused-ring (bicyclic) bond motifs is 1. The standard InChI is InChI=1S/C22H21N5O3/c1-13(2)18-12-16(26-30-18)22(28)27-11-5-8-17(27)20-24-25-21(29-20)19-15-7-4-3-6-14(15)9-10-23-19/h3-4,6-7,9-10,12-13,17H,5,8,11H2,1-2H3/t17-/m0/s1. The number of hydrogen-bond acceptors (Lipinski definition) is 7. The van der Waals surface area contributed by atoms with E-state index in [-0.39, 0.29) is 17.9 Å². The predicted octanol–water partition coefficient (Wildman–Crippen LogP) is 4.37. The maximum absolute atomic E-state index is 13.0. The van der Waals surface area contributed by atoms with Crippen molar-refractivity contribution in [2.75, 3.05) is 6.54 Å². The van der Waals surface area contributed by atoms with Crippen LogP contribution in [0.3, 0.4) is 0 Å². The lowest BCUT2D eigenvalue weighted by Gasteiger charge is -2.20. The van der Waals surface area contributed by atoms with Crippen LogP contribution in [0.2, 0.25) is 0 Å². The molecular formula is C22H21N5O3. The fourth-order valence-corrected chi connectivity index (χ4v) is 3.83. The topological polar surface area (TPSA) is 98.2 Å². The molecule has 152 valence electrons. The van der Waals surface area contributed by atoms with Crippen molar-refractivity contribution in [1.29, 1.82) is 0 Å². The number of rotatable bonds is 4. The molecule has 0 N–H and O–H groups in total. The Labute approximate surface area is 172 Å². The number of benzene rings is 1. The van der Waals surface area contributed by atoms with Gasteiger partial charge in [0.05, 0.1) is 0 Å². The Morgan fingerprint density at radius 2 is 2.07 bits per heavy atom. The smallest absolute Gasteiger partial charge is 0.276 e. The van der Waals surface area contributed by atoms with Crippen LogP contribution in [0, 0.1) is 0 Å². The summed E-state index contributed by atoms with van der Waals surface area (Å²) < 4.78 is 11.3. The van der Waals surface area contributed by atoms with Crippen LogP contribution in [0.4, 0.5) is 0 Å². The number of amides is 1. The minimum absolute atomic E-state index is 0.167. The van der Waals surface area contributed by atoms with Crippen LogP contribution >= 0.6 is 0 Å². The first-order chi connectivity index (χ1) is 14.6. The van der Waals surface area contributed by atoms with Crippen molar-refractivity contribution in [3.8, 4) is 11.6 Å². The average Bonchev–Trinajstić information content (AvgIpc) is 3.53. The van der Waals surface area contributed by atoms with Gasteiger partial charge in [-0.25, -0.2) is 0 Å². The Balaban J connectivity index is 1.44. The highest BCUT2D eigenvalue weighted by Gasteiger charge is 2.36. The minimum atomic E-state index is -0.284. The summed E-state index contributed by atoms with van der Waals surface area (Å²) in [6, 6.07) is 11.3. The maximum atomic E-state index is 13.0. The van der Waals surface area contributed by atoms with Crippen LogP contribution in [0.1, 0.15) is 60.8 Å². The van der Waals surface area contributed by atoms with E-state index < -0.39 is 0 Å². The zero-order valence-electron chi connectivity index (χ0n) is 16.8. The predicted molar refractivity (Wildman–Crippen MR) is 109 cm³/mol. The van der Waals surface area contributed by atoms with Gasteiger partial charge in [0.25, 0.3) is 11.8 Å². The third-order valence-electron chi connectivity index (χ3n) is 5.43. The van der Waals surface area contributed by atoms with E-state index in [0.29, 0.717) is 35.5 Å². The van der Waals surface area contributed by atoms with E-state index in [1.807, 2.05) is 44.2 Å². The van der Waals surface area contributed by atoms with E-state index in [0.717, 1.165) is 23.6 Å². The molecule has 1 aliphatic rings. The van der Waals surface area contributed by atoms with E-state index in [9.17, 15) is 4.79 Å². The summed E-state index contributed by atoms with van der Waals surface area (Å²) in [6.07, 6.45) is 3.34. The summed E-state index contributed by atoms with van der Waals surface area (Å²) >= 11 is 0. The molecule has 1 fully saturated rings. The van der Waals surface area contributed by atoms with E-state index in [1.165, 1.54) is 0 Å². The quantitative estimate of drug-likeness (QED) is 0.499. The highest BCUT2D eigenvalue weighted by molar-refractivity contribution is 5.93. The van der Waals surface area contributed by atoms with Crippen molar-refractivity contribution in [1.82, 2.24) is 25.2 Å². The number of carbonyl (C=O) groups is 1. The summed E-state index contributed by atoms with van der Waals surface area (Å²) in [5, 5.41) is 14.4. The van der Waals surface area contributed by atoms with Gasteiger partial charge in [-0.2, -0.15) is 0 Å². The number of pyridine rings is 1. The van der Waals surface area contributed by atoms with Gasteiger partial charge >= 0.3 is 0 Å². The summed E-state index contributed by atoms with van der Waals surface area (Å²) in [5.41, 5.74) is 0.946. The van der Waals surface area contributed by atoms with Crippen molar-refractivity contribution in [3.05, 3.63) is 59.9 Å². The average molecular weight is 403 g/mol. The molecule has 4 aromatic rings. The summed E-state index contributed by atoms with van der Waals surface area (Å²) in [6.45, 7) is 4.60. The first kappa shape index (κ1) is 18.5. The molecule has 1 aliphatic heterocycles. The Bertz CT molecular complexity index is 1210. The molecule has 0 saturated carbocycles. The molecule has 0 spiro atoms. The van der Waals surface area contributed by atoms with Gasteiger partial charge in [-0.05, 0) is 24.3 Å². The fourth-order valence-electron chi connectivity index (χ4n) is 3.83. The van der Waals surface area contributed by atoms with Crippen LogP contribution in [0.5, 0.6) is 0 Å². The molecule has 30 heavy (non-hydrogen) atoms. The summed E-state index contributed by atoms with van der Waals surface area (Å²) in [4.78, 5) is 19.2. The third-order valence-corrected chi connectivity index (χ3v) is 5.43. The van der Waals surface area contributed by atoms with E-state index in [2.05, 4.69) is 20.3 Å². The number of hydrogen-bond donors (Lipinski definition) is 0. The third kappa shape index (κ3) is 3.14. The van der Waals surface area contributed by atoms with Gasteiger partial charge in [-0.3, -0.25) is 9.78 Å². The van der Waals surface area contributed by atoms with Crippen molar-refractivity contribution in [3.63, 3.8) is 0 Å². The molecule has 8 nitrogen and oxygen atoms in total. The van der Waals surface area contributed by atoms with Gasteiger partial charge in [-0.15, -0.1) is 10.2 Å². The van der Waals surface area contributed by atoms with Gasteiger partial charge in [-0.1, -0.05) is 43.3 Å². The van der Waals surface area contributed by atoms with Gasteiger partial charge in [0, 0.05) is 30.1 Å². The molecule has 1 saturated heterocycles. The molecule has 3 aromatic heterocycles. The molecular weight excluding hydrogens is 382 g/mol. The monoisotopic (exact) mass is 403 g/mol. The molecule has 4 heterocycles. The molecule has 1 atom stereocenters. The van der Waals surface area contributed by atoms with E-state index in [4.69, 9.17) is 8.94 Å². The second-order valence-corrected chi connectivity index (χ2v) is 7.75. The molecule has 1 amide bonds. The summed E-state index contributed by atoms with van der Waals surface area (Å²) in [7, 11) is 0. The fraction of sp³-hybridized carbons (Fsp3) is 0.318. The molecule has 0 aliphatic carbocycles. The molecule has 0 unspecified atom stereocenters. The second kappa shape index (κ2) is 7.37. The highest BCUT2D eigenvalue weighted by atomic mass is 16.5. The van der Waals surface area contributed by atoms with Crippen LogP contribution in [-0.2, 0) is 0 Å². The lowest BCUT2D eigenvalue weighted by molar-refractivity contribution is 0.0705. The highest BCUT2D eigenvalue weighted by Crippen LogP contribution is 2.34. The Morgan fingerprint density at radius 1 is 1.20 bits per heavy atom. The van der Waals surface area contributed by atoms with Crippen molar-refractivity contribution >= 4 is 16.7 Å². The molecule has 5 rings (SSSR count). The zero-order valence-corrected chi connectivity index (χ0v) is 16.8. The van der Waals surface area contributed by atoms with Crippen LogP contribution in [0.25, 0.3) is 22.4 Å². The first-order valence-electron chi connectivity index (χ1n) is 10.1. The Hall–Kier alpha value is -3.55. The minimum Gasteiger partial charge on any atom is -0.417 e. The van der Waals surface area contributed by atoms with E-state index in [1.54, 1.807) is 17.2 Å². The van der Waals surface area contributed by atoms with Gasteiger partial charge in [0.15, 0.2) is 5.69 Å². The lowest BCUT2D eigenvalue weighted by Crippen LogP contribution is -2.31. The molecule has 8 heteroatoms. The van der Waals surface area contributed by atoms with E-state index >= 15 is 0 Å². The molecule has 0 radical (unpaired) electrons. The van der Waals surface area contributed by atoms with Crippen LogP contribution in [0.15, 0.2) is 51.5 Å². The van der Waals surface area contributed by atoms with Crippen LogP contribution < -0.4 is 0 Å². The number of aromatic nitrogens is 4. The molecule has 0 bridgehead atoms. The second-order valence-electron chi connectivity index (χ2n) is 7.75. The zero-order chi connectivity index (χ0) is 20.7. The van der Waals surface area contributed by atoms with Crippen molar-refractivity contribution in [2.24, 2.45) is 0 Å². The van der Waals surface area contributed by atoms with Crippen LogP contribution in [-0.4, -0.2) is 37.7 Å². The number of likely N-dealkylation sites (tertiary alicyclic amines) is 1. The Kier molecular flexibility index (Phi) is 4.54. The SMILES string of the molecule is CC(C)c1cc(C(=O)N2CCC[C@H]2c2nnc(-c3nccc4ccccc34)o2)no1. The Morgan fingerprint density at radius 3 is 2.90 bits per heavy atom. The first-order valence-corrected chi connectivity index (χ1v) is 10.1. The lowest BCUT2D eigenvalue weighted by atomic mass is 10.1. The number of nitrogens with zero attached hydrogens (tertiary/aromatic N) is 5. The number of carbonyl (C=O) groups excluding carboxylic acids is 1. The van der Waals surface area contributed by atoms with Crippen molar-refractivity contribution in [2.45, 2.75) is 38.6 Å². The van der Waals surface area contributed by atoms with Gasteiger partial charge < -0.3 is 13.8 Å². The van der Waals surface area contributed by atoms with Crippen molar-refractivity contribution < 1.29 is 13.7 Å². The summed E-state index contributed by atoms with van der Waals surface area (Å²) in [5.74, 6) is 1.44. The molecule has 1 aromatic carbocycles. The van der Waals surface area contributed by atoms with Gasteiger partial charge in [0.1, 0.15) is 17.5 Å². The van der Waals surface area contributed by atoms with Gasteiger partial charge in [0.2, 0.25) is 5.89 Å².